The van der Waals surface area contributed by atoms with Gasteiger partial charge in [-0.2, -0.15) is 4.98 Å². The summed E-state index contributed by atoms with van der Waals surface area (Å²) in [5, 5.41) is 4.25. The first-order valence-electron chi connectivity index (χ1n) is 6.00. The zero-order chi connectivity index (χ0) is 13.8. The molecule has 0 spiro atoms. The molecule has 0 aliphatic carbocycles. The zero-order valence-electron chi connectivity index (χ0n) is 10.5. The Balaban J connectivity index is 1.80. The standard InChI is InChI=1S/C14H11ClN4O/c15-7-11-6-13(9-16-8-11)20-14-17-10-19(18-14)12-4-2-1-3-5-12/h1-6,8-10H,7H2. The number of nitrogens with zero attached hydrogens (tertiary/aromatic N) is 4. The molecule has 2 aromatic heterocycles. The van der Waals surface area contributed by atoms with E-state index >= 15 is 0 Å². The number of benzene rings is 1. The maximum absolute atomic E-state index is 5.76. The number of para-hydroxylation sites is 1. The largest absolute Gasteiger partial charge is 0.422 e. The molecule has 0 aliphatic rings. The molecule has 0 N–H and O–H groups in total. The lowest BCUT2D eigenvalue weighted by Crippen LogP contribution is -1.95. The number of hydrogen-bond acceptors (Lipinski definition) is 4. The molecular formula is C14H11ClN4O. The first kappa shape index (κ1) is 12.6. The Morgan fingerprint density at radius 1 is 1.15 bits per heavy atom. The quantitative estimate of drug-likeness (QED) is 0.691. The smallest absolute Gasteiger partial charge is 0.341 e. The van der Waals surface area contributed by atoms with Crippen molar-refractivity contribution in [1.29, 1.82) is 0 Å². The van der Waals surface area contributed by atoms with Gasteiger partial charge in [-0.15, -0.1) is 16.7 Å². The van der Waals surface area contributed by atoms with Crippen LogP contribution in [-0.2, 0) is 5.88 Å². The number of pyridine rings is 1. The van der Waals surface area contributed by atoms with Crippen molar-refractivity contribution >= 4 is 11.6 Å². The van der Waals surface area contributed by atoms with Crippen LogP contribution in [0.15, 0.2) is 55.1 Å². The number of alkyl halides is 1. The van der Waals surface area contributed by atoms with Crippen LogP contribution in [0, 0.1) is 0 Å². The minimum absolute atomic E-state index is 0.266. The van der Waals surface area contributed by atoms with Crippen LogP contribution in [0.5, 0.6) is 11.8 Å². The Bertz CT molecular complexity index is 699. The van der Waals surface area contributed by atoms with Crippen LogP contribution < -0.4 is 4.74 Å². The van der Waals surface area contributed by atoms with Gasteiger partial charge < -0.3 is 4.74 Å². The number of ether oxygens (including phenoxy) is 1. The molecule has 0 aliphatic heterocycles. The number of hydrogen-bond donors (Lipinski definition) is 0. The van der Waals surface area contributed by atoms with Crippen molar-refractivity contribution in [3.05, 3.63) is 60.7 Å². The average Bonchev–Trinajstić information content (AvgIpc) is 2.97. The van der Waals surface area contributed by atoms with E-state index in [0.717, 1.165) is 11.3 Å². The van der Waals surface area contributed by atoms with Gasteiger partial charge in [-0.25, -0.2) is 4.68 Å². The Hall–Kier alpha value is -2.40. The molecule has 2 heterocycles. The third-order valence-corrected chi connectivity index (χ3v) is 2.93. The second kappa shape index (κ2) is 5.71. The molecule has 3 aromatic rings. The Labute approximate surface area is 120 Å². The maximum Gasteiger partial charge on any atom is 0.341 e. The van der Waals surface area contributed by atoms with Crippen molar-refractivity contribution < 1.29 is 4.74 Å². The summed E-state index contributed by atoms with van der Waals surface area (Å²) in [4.78, 5) is 8.16. The van der Waals surface area contributed by atoms with Crippen LogP contribution in [0.2, 0.25) is 0 Å². The summed E-state index contributed by atoms with van der Waals surface area (Å²) >= 11 is 5.76. The maximum atomic E-state index is 5.76. The van der Waals surface area contributed by atoms with E-state index in [1.807, 2.05) is 36.4 Å². The SMILES string of the molecule is ClCc1cncc(Oc2ncn(-c3ccccc3)n2)c1. The van der Waals surface area contributed by atoms with Gasteiger partial charge >= 0.3 is 6.01 Å². The van der Waals surface area contributed by atoms with E-state index in [0.29, 0.717) is 11.6 Å². The second-order valence-corrected chi connectivity index (χ2v) is 4.34. The monoisotopic (exact) mass is 286 g/mol. The van der Waals surface area contributed by atoms with Crippen molar-refractivity contribution in [2.45, 2.75) is 5.88 Å². The van der Waals surface area contributed by atoms with Gasteiger partial charge in [-0.3, -0.25) is 4.98 Å². The second-order valence-electron chi connectivity index (χ2n) is 4.07. The van der Waals surface area contributed by atoms with E-state index in [2.05, 4.69) is 15.1 Å². The summed E-state index contributed by atoms with van der Waals surface area (Å²) in [7, 11) is 0. The van der Waals surface area contributed by atoms with Crippen LogP contribution in [0.3, 0.4) is 0 Å². The molecule has 0 bridgehead atoms. The summed E-state index contributed by atoms with van der Waals surface area (Å²) in [6.45, 7) is 0. The summed E-state index contributed by atoms with van der Waals surface area (Å²) in [6.07, 6.45) is 4.89. The highest BCUT2D eigenvalue weighted by molar-refractivity contribution is 6.17. The Kier molecular flexibility index (Phi) is 3.60. The average molecular weight is 287 g/mol. The minimum atomic E-state index is 0.266. The molecule has 0 fully saturated rings. The third-order valence-electron chi connectivity index (χ3n) is 2.62. The highest BCUT2D eigenvalue weighted by Gasteiger charge is 2.05. The molecule has 0 saturated carbocycles. The van der Waals surface area contributed by atoms with Crippen molar-refractivity contribution in [1.82, 2.24) is 19.7 Å². The summed E-state index contributed by atoms with van der Waals surface area (Å²) in [5.74, 6) is 0.949. The molecule has 0 radical (unpaired) electrons. The van der Waals surface area contributed by atoms with E-state index < -0.39 is 0 Å². The lowest BCUT2D eigenvalue weighted by atomic mass is 10.3. The molecule has 20 heavy (non-hydrogen) atoms. The summed E-state index contributed by atoms with van der Waals surface area (Å²) < 4.78 is 7.21. The third kappa shape index (κ3) is 2.78. The summed E-state index contributed by atoms with van der Waals surface area (Å²) in [6, 6.07) is 11.8. The highest BCUT2D eigenvalue weighted by atomic mass is 35.5. The number of halogens is 1. The lowest BCUT2D eigenvalue weighted by Gasteiger charge is -2.02. The number of rotatable bonds is 4. The normalized spacial score (nSPS) is 10.4. The molecule has 0 unspecified atom stereocenters. The van der Waals surface area contributed by atoms with Gasteiger partial charge in [0.25, 0.3) is 0 Å². The van der Waals surface area contributed by atoms with E-state index in [1.54, 1.807) is 23.4 Å². The lowest BCUT2D eigenvalue weighted by molar-refractivity contribution is 0.439. The predicted molar refractivity (Wildman–Crippen MR) is 75.2 cm³/mol. The molecule has 0 atom stereocenters. The Morgan fingerprint density at radius 2 is 2.00 bits per heavy atom. The van der Waals surface area contributed by atoms with Crippen molar-refractivity contribution in [3.63, 3.8) is 0 Å². The van der Waals surface area contributed by atoms with E-state index in [1.165, 1.54) is 0 Å². The first-order valence-corrected chi connectivity index (χ1v) is 6.53. The van der Waals surface area contributed by atoms with Crippen LogP contribution in [0.1, 0.15) is 5.56 Å². The fourth-order valence-electron chi connectivity index (χ4n) is 1.70. The van der Waals surface area contributed by atoms with E-state index in [9.17, 15) is 0 Å². The van der Waals surface area contributed by atoms with Crippen molar-refractivity contribution in [2.24, 2.45) is 0 Å². The van der Waals surface area contributed by atoms with Gasteiger partial charge in [0.05, 0.1) is 11.9 Å². The topological polar surface area (TPSA) is 52.8 Å². The molecule has 5 nitrogen and oxygen atoms in total. The van der Waals surface area contributed by atoms with Gasteiger partial charge in [0, 0.05) is 12.1 Å². The van der Waals surface area contributed by atoms with Gasteiger partial charge in [0.2, 0.25) is 0 Å². The van der Waals surface area contributed by atoms with Crippen LogP contribution >= 0.6 is 11.6 Å². The predicted octanol–water partition coefficient (Wildman–Crippen LogP) is 3.19. The molecule has 3 rings (SSSR count). The minimum Gasteiger partial charge on any atom is -0.422 e. The molecule has 0 amide bonds. The zero-order valence-corrected chi connectivity index (χ0v) is 11.2. The number of aromatic nitrogens is 4. The molecule has 1 aromatic carbocycles. The van der Waals surface area contributed by atoms with Crippen LogP contribution in [0.4, 0.5) is 0 Å². The van der Waals surface area contributed by atoms with Gasteiger partial charge in [-0.05, 0) is 23.8 Å². The van der Waals surface area contributed by atoms with E-state index in [4.69, 9.17) is 16.3 Å². The first-order chi connectivity index (χ1) is 9.85. The van der Waals surface area contributed by atoms with E-state index in [-0.39, 0.29) is 6.01 Å². The van der Waals surface area contributed by atoms with Crippen molar-refractivity contribution in [3.8, 4) is 17.4 Å². The van der Waals surface area contributed by atoms with Crippen molar-refractivity contribution in [2.75, 3.05) is 0 Å². The molecule has 0 saturated heterocycles. The van der Waals surface area contributed by atoms with Crippen LogP contribution in [-0.4, -0.2) is 19.7 Å². The van der Waals surface area contributed by atoms with Crippen LogP contribution in [0.25, 0.3) is 5.69 Å². The van der Waals surface area contributed by atoms with Gasteiger partial charge in [0.15, 0.2) is 0 Å². The fraction of sp³-hybridized carbons (Fsp3) is 0.0714. The van der Waals surface area contributed by atoms with Gasteiger partial charge in [-0.1, -0.05) is 18.2 Å². The molecule has 6 heteroatoms. The Morgan fingerprint density at radius 3 is 2.80 bits per heavy atom. The van der Waals surface area contributed by atoms with Gasteiger partial charge in [0.1, 0.15) is 12.1 Å². The molecule has 100 valence electrons. The summed E-state index contributed by atoms with van der Waals surface area (Å²) in [5.41, 5.74) is 1.80. The highest BCUT2D eigenvalue weighted by Crippen LogP contribution is 2.19. The molecular weight excluding hydrogens is 276 g/mol. The fourth-order valence-corrected chi connectivity index (χ4v) is 1.84.